The number of rotatable bonds is 3. The fourth-order valence-electron chi connectivity index (χ4n) is 2.31. The van der Waals surface area contributed by atoms with Crippen LogP contribution in [0.4, 0.5) is 4.39 Å². The lowest BCUT2D eigenvalue weighted by Crippen LogP contribution is -2.21. The van der Waals surface area contributed by atoms with Crippen LogP contribution in [-0.4, -0.2) is 26.5 Å². The van der Waals surface area contributed by atoms with Crippen molar-refractivity contribution in [3.63, 3.8) is 0 Å². The minimum Gasteiger partial charge on any atom is -0.504 e. The Balaban J connectivity index is 2.15. The van der Waals surface area contributed by atoms with Gasteiger partial charge in [0.1, 0.15) is 5.82 Å². The molecule has 1 aromatic heterocycles. The minimum absolute atomic E-state index is 0.144. The number of phenols is 1. The van der Waals surface area contributed by atoms with Crippen LogP contribution in [0.15, 0.2) is 53.5 Å². The number of imidazole rings is 1. The van der Waals surface area contributed by atoms with Crippen molar-refractivity contribution in [3.8, 4) is 28.8 Å². The molecule has 2 N–H and O–H groups in total. The summed E-state index contributed by atoms with van der Waals surface area (Å²) in [5.74, 6) is -0.759. The number of phenolic OH excluding ortho intramolecular Hbond substituents is 1. The fraction of sp³-hybridized carbons (Fsp3) is 0.0625. The molecule has 0 radical (unpaired) electrons. The number of hydrogen-bond acceptors (Lipinski definition) is 4. The summed E-state index contributed by atoms with van der Waals surface area (Å²) in [6.45, 7) is 0. The third-order valence-corrected chi connectivity index (χ3v) is 3.38. The van der Waals surface area contributed by atoms with E-state index in [1.165, 1.54) is 43.6 Å². The summed E-state index contributed by atoms with van der Waals surface area (Å²) < 4.78 is 20.4. The number of halogens is 1. The van der Waals surface area contributed by atoms with E-state index in [1.807, 2.05) is 0 Å². The van der Waals surface area contributed by atoms with Crippen LogP contribution in [0.25, 0.3) is 11.4 Å². The molecule has 0 aliphatic rings. The van der Waals surface area contributed by atoms with E-state index in [1.54, 1.807) is 6.07 Å². The highest BCUT2D eigenvalue weighted by atomic mass is 19.1. The maximum atomic E-state index is 13.3. The van der Waals surface area contributed by atoms with E-state index in [9.17, 15) is 19.4 Å². The van der Waals surface area contributed by atoms with E-state index in [4.69, 9.17) is 4.74 Å². The van der Waals surface area contributed by atoms with Gasteiger partial charge < -0.3 is 14.9 Å². The van der Waals surface area contributed by atoms with Gasteiger partial charge in [-0.15, -0.1) is 0 Å². The second kappa shape index (κ2) is 5.53. The van der Waals surface area contributed by atoms with Gasteiger partial charge in [-0.05, 0) is 30.3 Å². The third kappa shape index (κ3) is 2.52. The van der Waals surface area contributed by atoms with Crippen molar-refractivity contribution in [2.24, 2.45) is 0 Å². The minimum atomic E-state index is -0.599. The summed E-state index contributed by atoms with van der Waals surface area (Å²) in [4.78, 5) is 12.5. The molecule has 0 saturated carbocycles. The first-order valence-electron chi connectivity index (χ1n) is 6.68. The summed E-state index contributed by atoms with van der Waals surface area (Å²) in [7, 11) is 1.41. The van der Waals surface area contributed by atoms with Gasteiger partial charge in [-0.3, -0.25) is 4.57 Å². The molecule has 0 atom stereocenters. The van der Waals surface area contributed by atoms with Crippen molar-refractivity contribution < 1.29 is 19.3 Å². The molecular formula is C16H13FN2O4. The van der Waals surface area contributed by atoms with E-state index in [0.29, 0.717) is 5.69 Å². The van der Waals surface area contributed by atoms with Crippen LogP contribution in [0.1, 0.15) is 0 Å². The molecule has 23 heavy (non-hydrogen) atoms. The molecule has 0 bridgehead atoms. The van der Waals surface area contributed by atoms with Gasteiger partial charge in [0, 0.05) is 6.07 Å². The van der Waals surface area contributed by atoms with Crippen molar-refractivity contribution in [1.82, 2.24) is 9.13 Å². The molecule has 118 valence electrons. The van der Waals surface area contributed by atoms with Crippen LogP contribution in [-0.2, 0) is 0 Å². The molecule has 2 aromatic carbocycles. The Morgan fingerprint density at radius 2 is 1.87 bits per heavy atom. The molecule has 0 saturated heterocycles. The number of benzene rings is 2. The Hall–Kier alpha value is -3.22. The quantitative estimate of drug-likeness (QED) is 0.776. The zero-order valence-corrected chi connectivity index (χ0v) is 12.1. The second-order valence-corrected chi connectivity index (χ2v) is 4.81. The Bertz CT molecular complexity index is 930. The predicted molar refractivity (Wildman–Crippen MR) is 81.2 cm³/mol. The molecule has 0 amide bonds. The molecule has 1 heterocycles. The molecule has 7 heteroatoms. The topological polar surface area (TPSA) is 76.6 Å². The second-order valence-electron chi connectivity index (χ2n) is 4.81. The van der Waals surface area contributed by atoms with E-state index in [0.717, 1.165) is 15.2 Å². The fourth-order valence-corrected chi connectivity index (χ4v) is 2.31. The zero-order valence-electron chi connectivity index (χ0n) is 12.1. The van der Waals surface area contributed by atoms with E-state index in [-0.39, 0.29) is 23.1 Å². The largest absolute Gasteiger partial charge is 0.504 e. The van der Waals surface area contributed by atoms with Gasteiger partial charge in [0.15, 0.2) is 11.5 Å². The monoisotopic (exact) mass is 316 g/mol. The van der Waals surface area contributed by atoms with Gasteiger partial charge in [-0.25, -0.2) is 13.8 Å². The lowest BCUT2D eigenvalue weighted by Gasteiger charge is -2.06. The zero-order chi connectivity index (χ0) is 16.6. The van der Waals surface area contributed by atoms with Crippen molar-refractivity contribution >= 4 is 0 Å². The molecule has 3 aromatic rings. The molecule has 0 spiro atoms. The first kappa shape index (κ1) is 14.7. The summed E-state index contributed by atoms with van der Waals surface area (Å²) in [5.41, 5.74) is -0.0691. The normalized spacial score (nSPS) is 10.7. The standard InChI is InChI=1S/C16H13FN2O4/c1-23-14-6-5-11(8-13(14)20)18-9-15(21)19(16(18)22)12-4-2-3-10(17)7-12/h2-9,20-21H,1H3. The van der Waals surface area contributed by atoms with Gasteiger partial charge in [0.2, 0.25) is 5.88 Å². The average molecular weight is 316 g/mol. The van der Waals surface area contributed by atoms with E-state index < -0.39 is 11.5 Å². The maximum absolute atomic E-state index is 13.3. The molecule has 0 fully saturated rings. The number of aromatic hydroxyl groups is 2. The SMILES string of the molecule is COc1ccc(-n2cc(O)n(-c3cccc(F)c3)c2=O)cc1O. The summed E-state index contributed by atoms with van der Waals surface area (Å²) in [6, 6.07) is 9.69. The molecule has 6 nitrogen and oxygen atoms in total. The highest BCUT2D eigenvalue weighted by Crippen LogP contribution is 2.28. The first-order chi connectivity index (χ1) is 11.0. The number of aromatic nitrogens is 2. The van der Waals surface area contributed by atoms with Crippen LogP contribution < -0.4 is 10.4 Å². The highest BCUT2D eigenvalue weighted by molar-refractivity contribution is 5.49. The molecule has 3 rings (SSSR count). The van der Waals surface area contributed by atoms with Crippen molar-refractivity contribution in [2.45, 2.75) is 0 Å². The Morgan fingerprint density at radius 1 is 1.09 bits per heavy atom. The van der Waals surface area contributed by atoms with Crippen molar-refractivity contribution in [2.75, 3.05) is 7.11 Å². The number of nitrogens with zero attached hydrogens (tertiary/aromatic N) is 2. The number of ether oxygens (including phenoxy) is 1. The Kier molecular flexibility index (Phi) is 3.53. The lowest BCUT2D eigenvalue weighted by atomic mass is 10.3. The van der Waals surface area contributed by atoms with Crippen LogP contribution in [0.2, 0.25) is 0 Å². The smallest absolute Gasteiger partial charge is 0.340 e. The summed E-state index contributed by atoms with van der Waals surface area (Å²) in [5, 5.41) is 19.8. The van der Waals surface area contributed by atoms with Gasteiger partial charge in [-0.2, -0.15) is 0 Å². The van der Waals surface area contributed by atoms with Crippen LogP contribution in [0.5, 0.6) is 17.4 Å². The van der Waals surface area contributed by atoms with Crippen molar-refractivity contribution in [3.05, 3.63) is 65.0 Å². The van der Waals surface area contributed by atoms with Gasteiger partial charge in [0.05, 0.1) is 24.7 Å². The van der Waals surface area contributed by atoms with Crippen LogP contribution in [0, 0.1) is 5.82 Å². The number of methoxy groups -OCH3 is 1. The maximum Gasteiger partial charge on any atom is 0.340 e. The Labute approximate surface area is 130 Å². The van der Waals surface area contributed by atoms with Crippen LogP contribution in [0.3, 0.4) is 0 Å². The summed E-state index contributed by atoms with van der Waals surface area (Å²) in [6.07, 6.45) is 1.19. The van der Waals surface area contributed by atoms with Crippen molar-refractivity contribution in [1.29, 1.82) is 0 Å². The van der Waals surface area contributed by atoms with E-state index >= 15 is 0 Å². The van der Waals surface area contributed by atoms with E-state index in [2.05, 4.69) is 0 Å². The molecule has 0 aliphatic heterocycles. The first-order valence-corrected chi connectivity index (χ1v) is 6.68. The Morgan fingerprint density at radius 3 is 2.52 bits per heavy atom. The van der Waals surface area contributed by atoms with Gasteiger partial charge in [-0.1, -0.05) is 6.07 Å². The molecular weight excluding hydrogens is 303 g/mol. The average Bonchev–Trinajstić information content (AvgIpc) is 2.82. The summed E-state index contributed by atoms with van der Waals surface area (Å²) >= 11 is 0. The van der Waals surface area contributed by atoms with Gasteiger partial charge in [0.25, 0.3) is 0 Å². The third-order valence-electron chi connectivity index (χ3n) is 3.38. The number of hydrogen-bond donors (Lipinski definition) is 2. The van der Waals surface area contributed by atoms with Gasteiger partial charge >= 0.3 is 5.69 Å². The predicted octanol–water partition coefficient (Wildman–Crippen LogP) is 2.19. The highest BCUT2D eigenvalue weighted by Gasteiger charge is 2.15. The van der Waals surface area contributed by atoms with Crippen LogP contribution >= 0.6 is 0 Å². The molecule has 0 unspecified atom stereocenters. The lowest BCUT2D eigenvalue weighted by molar-refractivity contribution is 0.373. The molecule has 0 aliphatic carbocycles.